The molecule has 1 aromatic carbocycles. The van der Waals surface area contributed by atoms with Crippen LogP contribution in [0.5, 0.6) is 0 Å². The van der Waals surface area contributed by atoms with Crippen LogP contribution in [0, 0.1) is 6.92 Å². The van der Waals surface area contributed by atoms with E-state index >= 15 is 0 Å². The van der Waals surface area contributed by atoms with Gasteiger partial charge in [-0.1, -0.05) is 35.0 Å². The van der Waals surface area contributed by atoms with E-state index in [4.69, 9.17) is 0 Å². The molecule has 0 aliphatic carbocycles. The van der Waals surface area contributed by atoms with Crippen molar-refractivity contribution in [1.82, 2.24) is 5.32 Å². The third-order valence-corrected chi connectivity index (χ3v) is 3.20. The molecule has 0 saturated heterocycles. The van der Waals surface area contributed by atoms with Crippen molar-refractivity contribution in [3.05, 3.63) is 33.8 Å². The summed E-state index contributed by atoms with van der Waals surface area (Å²) in [4.78, 5) is 0. The molecule has 0 bridgehead atoms. The molecule has 78 valence electrons. The zero-order valence-corrected chi connectivity index (χ0v) is 10.7. The van der Waals surface area contributed by atoms with Gasteiger partial charge in [0.1, 0.15) is 0 Å². The average Bonchev–Trinajstić information content (AvgIpc) is 2.16. The molecule has 0 spiro atoms. The minimum absolute atomic E-state index is 0.586. The van der Waals surface area contributed by atoms with Gasteiger partial charge in [-0.3, -0.25) is 0 Å². The molecule has 1 unspecified atom stereocenters. The zero-order valence-electron chi connectivity index (χ0n) is 9.10. The van der Waals surface area contributed by atoms with Crippen LogP contribution < -0.4 is 5.32 Å². The molecule has 0 aliphatic heterocycles. The summed E-state index contributed by atoms with van der Waals surface area (Å²) in [6.45, 7) is 7.45. The Bertz CT molecular complexity index is 296. The number of hydrogen-bond donors (Lipinski definition) is 1. The summed E-state index contributed by atoms with van der Waals surface area (Å²) in [5.74, 6) is 0. The molecule has 0 aromatic heterocycles. The van der Waals surface area contributed by atoms with Gasteiger partial charge in [0.05, 0.1) is 0 Å². The first kappa shape index (κ1) is 11.7. The predicted molar refractivity (Wildman–Crippen MR) is 65.5 cm³/mol. The molecular formula is C12H18BrN. The molecule has 14 heavy (non-hydrogen) atoms. The Labute approximate surface area is 95.0 Å². The van der Waals surface area contributed by atoms with E-state index in [2.05, 4.69) is 60.2 Å². The Morgan fingerprint density at radius 2 is 2.14 bits per heavy atom. The lowest BCUT2D eigenvalue weighted by atomic mass is 10.1. The first-order valence-electron chi connectivity index (χ1n) is 5.12. The summed E-state index contributed by atoms with van der Waals surface area (Å²) >= 11 is 3.58. The summed E-state index contributed by atoms with van der Waals surface area (Å²) in [5.41, 5.74) is 2.63. The van der Waals surface area contributed by atoms with Crippen molar-refractivity contribution < 1.29 is 0 Å². The normalized spacial score (nSPS) is 12.9. The third-order valence-electron chi connectivity index (χ3n) is 2.46. The first-order valence-corrected chi connectivity index (χ1v) is 5.91. The SMILES string of the molecule is CCC(C)NCc1ccc(C)cc1Br. The topological polar surface area (TPSA) is 12.0 Å². The van der Waals surface area contributed by atoms with E-state index in [1.54, 1.807) is 0 Å². The standard InChI is InChI=1S/C12H18BrN/c1-4-10(3)14-8-11-6-5-9(2)7-12(11)13/h5-7,10,14H,4,8H2,1-3H3. The Morgan fingerprint density at radius 3 is 2.71 bits per heavy atom. The Morgan fingerprint density at radius 1 is 1.43 bits per heavy atom. The van der Waals surface area contributed by atoms with Crippen molar-refractivity contribution in [1.29, 1.82) is 0 Å². The molecule has 0 saturated carbocycles. The number of aryl methyl sites for hydroxylation is 1. The van der Waals surface area contributed by atoms with E-state index in [1.807, 2.05) is 0 Å². The van der Waals surface area contributed by atoms with Crippen molar-refractivity contribution in [3.63, 3.8) is 0 Å². The van der Waals surface area contributed by atoms with Gasteiger partial charge in [-0.25, -0.2) is 0 Å². The van der Waals surface area contributed by atoms with Gasteiger partial charge in [0, 0.05) is 17.1 Å². The van der Waals surface area contributed by atoms with E-state index in [0.29, 0.717) is 6.04 Å². The largest absolute Gasteiger partial charge is 0.310 e. The average molecular weight is 256 g/mol. The summed E-state index contributed by atoms with van der Waals surface area (Å²) in [5, 5.41) is 3.48. The fraction of sp³-hybridized carbons (Fsp3) is 0.500. The number of benzene rings is 1. The fourth-order valence-electron chi connectivity index (χ4n) is 1.22. The van der Waals surface area contributed by atoms with Gasteiger partial charge in [0.25, 0.3) is 0 Å². The van der Waals surface area contributed by atoms with Crippen molar-refractivity contribution >= 4 is 15.9 Å². The molecule has 1 aromatic rings. The number of rotatable bonds is 4. The summed E-state index contributed by atoms with van der Waals surface area (Å²) in [6.07, 6.45) is 1.17. The quantitative estimate of drug-likeness (QED) is 0.867. The summed E-state index contributed by atoms with van der Waals surface area (Å²) in [7, 11) is 0. The van der Waals surface area contributed by atoms with E-state index in [-0.39, 0.29) is 0 Å². The maximum atomic E-state index is 3.58. The fourth-order valence-corrected chi connectivity index (χ4v) is 1.86. The van der Waals surface area contributed by atoms with Crippen LogP contribution in [0.2, 0.25) is 0 Å². The zero-order chi connectivity index (χ0) is 10.6. The molecule has 2 heteroatoms. The van der Waals surface area contributed by atoms with Crippen LogP contribution in [0.3, 0.4) is 0 Å². The molecule has 0 fully saturated rings. The van der Waals surface area contributed by atoms with E-state index < -0.39 is 0 Å². The van der Waals surface area contributed by atoms with Crippen LogP contribution >= 0.6 is 15.9 Å². The molecule has 1 atom stereocenters. The molecule has 1 rings (SSSR count). The van der Waals surface area contributed by atoms with Crippen LogP contribution in [-0.2, 0) is 6.54 Å². The van der Waals surface area contributed by atoms with Crippen molar-refractivity contribution in [2.75, 3.05) is 0 Å². The molecular weight excluding hydrogens is 238 g/mol. The lowest BCUT2D eigenvalue weighted by Gasteiger charge is -2.12. The van der Waals surface area contributed by atoms with Crippen molar-refractivity contribution in [3.8, 4) is 0 Å². The number of hydrogen-bond acceptors (Lipinski definition) is 1. The van der Waals surface area contributed by atoms with Gasteiger partial charge < -0.3 is 5.32 Å². The highest BCUT2D eigenvalue weighted by atomic mass is 79.9. The molecule has 1 N–H and O–H groups in total. The van der Waals surface area contributed by atoms with Gasteiger partial charge in [-0.2, -0.15) is 0 Å². The summed E-state index contributed by atoms with van der Waals surface area (Å²) in [6, 6.07) is 7.07. The smallest absolute Gasteiger partial charge is 0.0222 e. The van der Waals surface area contributed by atoms with Gasteiger partial charge in [-0.15, -0.1) is 0 Å². The number of nitrogens with one attached hydrogen (secondary N) is 1. The first-order chi connectivity index (χ1) is 6.63. The molecule has 0 heterocycles. The Kier molecular flexibility index (Phi) is 4.63. The van der Waals surface area contributed by atoms with Gasteiger partial charge in [0.15, 0.2) is 0 Å². The lowest BCUT2D eigenvalue weighted by molar-refractivity contribution is 0.533. The molecule has 0 radical (unpaired) electrons. The minimum atomic E-state index is 0.586. The van der Waals surface area contributed by atoms with E-state index in [1.165, 1.54) is 22.0 Å². The predicted octanol–water partition coefficient (Wildman–Crippen LogP) is 3.65. The van der Waals surface area contributed by atoms with Gasteiger partial charge in [0.2, 0.25) is 0 Å². The van der Waals surface area contributed by atoms with E-state index in [9.17, 15) is 0 Å². The van der Waals surface area contributed by atoms with Crippen LogP contribution in [0.25, 0.3) is 0 Å². The Balaban J connectivity index is 2.59. The second-order valence-corrected chi connectivity index (χ2v) is 4.64. The number of halogens is 1. The molecule has 1 nitrogen and oxygen atoms in total. The summed E-state index contributed by atoms with van der Waals surface area (Å²) < 4.78 is 1.20. The van der Waals surface area contributed by atoms with Crippen LogP contribution in [-0.4, -0.2) is 6.04 Å². The highest BCUT2D eigenvalue weighted by Gasteiger charge is 2.01. The third kappa shape index (κ3) is 3.43. The molecule has 0 amide bonds. The van der Waals surface area contributed by atoms with Gasteiger partial charge >= 0.3 is 0 Å². The maximum Gasteiger partial charge on any atom is 0.0222 e. The van der Waals surface area contributed by atoms with E-state index in [0.717, 1.165) is 6.54 Å². The van der Waals surface area contributed by atoms with Crippen molar-refractivity contribution in [2.45, 2.75) is 39.8 Å². The Hall–Kier alpha value is -0.340. The maximum absolute atomic E-state index is 3.58. The second kappa shape index (κ2) is 5.52. The van der Waals surface area contributed by atoms with Crippen molar-refractivity contribution in [2.24, 2.45) is 0 Å². The second-order valence-electron chi connectivity index (χ2n) is 3.79. The monoisotopic (exact) mass is 255 g/mol. The van der Waals surface area contributed by atoms with Crippen LogP contribution in [0.15, 0.2) is 22.7 Å². The van der Waals surface area contributed by atoms with Crippen LogP contribution in [0.1, 0.15) is 31.4 Å². The minimum Gasteiger partial charge on any atom is -0.310 e. The highest BCUT2D eigenvalue weighted by Crippen LogP contribution is 2.18. The molecule has 0 aliphatic rings. The van der Waals surface area contributed by atoms with Crippen LogP contribution in [0.4, 0.5) is 0 Å². The highest BCUT2D eigenvalue weighted by molar-refractivity contribution is 9.10. The lowest BCUT2D eigenvalue weighted by Crippen LogP contribution is -2.24. The van der Waals surface area contributed by atoms with Gasteiger partial charge in [-0.05, 0) is 37.5 Å².